The second-order valence-electron chi connectivity index (χ2n) is 10.2. The summed E-state index contributed by atoms with van der Waals surface area (Å²) in [5.41, 5.74) is 4.69. The third kappa shape index (κ3) is 3.19. The van der Waals surface area contributed by atoms with E-state index in [0.717, 1.165) is 11.3 Å². The molecular formula is C26H27GeNOS. The van der Waals surface area contributed by atoms with Crippen LogP contribution < -0.4 is 4.59 Å². The molecule has 3 aromatic heterocycles. The summed E-state index contributed by atoms with van der Waals surface area (Å²) in [6, 6.07) is 17.7. The monoisotopic (exact) mass is 475 g/mol. The second-order valence-corrected chi connectivity index (χ2v) is 21.7. The molecule has 30 heavy (non-hydrogen) atoms. The Hall–Kier alpha value is -2.11. The minimum absolute atomic E-state index is 0.0560. The molecule has 2 nitrogen and oxygen atoms in total. The molecule has 5 aromatic rings. The van der Waals surface area contributed by atoms with Gasteiger partial charge in [-0.05, 0) is 0 Å². The van der Waals surface area contributed by atoms with E-state index < -0.39 is 13.3 Å². The molecule has 0 spiro atoms. The average Bonchev–Trinajstić information content (AvgIpc) is 3.24. The van der Waals surface area contributed by atoms with Gasteiger partial charge < -0.3 is 0 Å². The van der Waals surface area contributed by atoms with E-state index in [9.17, 15) is 0 Å². The van der Waals surface area contributed by atoms with Gasteiger partial charge in [0.2, 0.25) is 0 Å². The Labute approximate surface area is 184 Å². The van der Waals surface area contributed by atoms with Crippen molar-refractivity contribution in [3.63, 3.8) is 0 Å². The molecule has 0 aliphatic rings. The van der Waals surface area contributed by atoms with Gasteiger partial charge >= 0.3 is 185 Å². The maximum absolute atomic E-state index is 6.39. The number of hydrogen-bond donors (Lipinski definition) is 0. The van der Waals surface area contributed by atoms with Crippen molar-refractivity contribution >= 4 is 60.3 Å². The molecule has 2 aromatic carbocycles. The number of hydrogen-bond acceptors (Lipinski definition) is 3. The zero-order valence-electron chi connectivity index (χ0n) is 18.5. The van der Waals surface area contributed by atoms with E-state index in [-0.39, 0.29) is 5.41 Å². The van der Waals surface area contributed by atoms with Gasteiger partial charge in [-0.25, -0.2) is 0 Å². The van der Waals surface area contributed by atoms with E-state index in [1.54, 1.807) is 0 Å². The van der Waals surface area contributed by atoms with E-state index >= 15 is 0 Å². The standard InChI is InChI=1S/C26H27GeNOS/c1-26(2,3)20-14-17(13-16-9-7-8-10-18(16)20)23-25-19(11-12-28-23)24-21(30-25)15-22(29-24)27(4,5)6/h7-15H,1-6H3. The first-order valence-electron chi connectivity index (χ1n) is 10.5. The number of nitrogens with zero attached hydrogens (tertiary/aromatic N) is 1. The SMILES string of the molecule is CC(C)(C)c1cc(-c2nccc3c2sc2c[c]([Ge]([CH3])([CH3])[CH3])oc23)cc2ccccc12. The van der Waals surface area contributed by atoms with Gasteiger partial charge in [-0.15, -0.1) is 0 Å². The molecular weight excluding hydrogens is 447 g/mol. The van der Waals surface area contributed by atoms with Crippen LogP contribution in [0.5, 0.6) is 0 Å². The Balaban J connectivity index is 1.78. The molecule has 0 bridgehead atoms. The number of aromatic nitrogens is 1. The number of furan rings is 1. The molecule has 0 radical (unpaired) electrons. The maximum atomic E-state index is 6.39. The summed E-state index contributed by atoms with van der Waals surface area (Å²) in [6.07, 6.45) is 1.93. The summed E-state index contributed by atoms with van der Waals surface area (Å²) in [5.74, 6) is 7.13. The molecule has 4 heteroatoms. The zero-order chi connectivity index (χ0) is 21.3. The molecule has 0 aliphatic heterocycles. The molecule has 0 aliphatic carbocycles. The van der Waals surface area contributed by atoms with Gasteiger partial charge in [0.25, 0.3) is 0 Å². The Morgan fingerprint density at radius 2 is 1.70 bits per heavy atom. The van der Waals surface area contributed by atoms with Crippen LogP contribution in [-0.4, -0.2) is 18.3 Å². The van der Waals surface area contributed by atoms with Crippen molar-refractivity contribution in [3.8, 4) is 11.3 Å². The van der Waals surface area contributed by atoms with E-state index in [0.29, 0.717) is 0 Å². The quantitative estimate of drug-likeness (QED) is 0.245. The molecule has 0 N–H and O–H groups in total. The van der Waals surface area contributed by atoms with Gasteiger partial charge in [-0.3, -0.25) is 0 Å². The number of pyridine rings is 1. The van der Waals surface area contributed by atoms with Crippen molar-refractivity contribution in [1.29, 1.82) is 0 Å². The summed E-state index contributed by atoms with van der Waals surface area (Å²) in [5, 5.41) is 3.77. The van der Waals surface area contributed by atoms with Crippen LogP contribution in [0.25, 0.3) is 42.4 Å². The van der Waals surface area contributed by atoms with Crippen molar-refractivity contribution in [2.75, 3.05) is 0 Å². The Kier molecular flexibility index (Phi) is 4.43. The van der Waals surface area contributed by atoms with Crippen LogP contribution in [0, 0.1) is 0 Å². The number of thiophene rings is 1. The summed E-state index contributed by atoms with van der Waals surface area (Å²) >= 11 is -0.185. The van der Waals surface area contributed by atoms with E-state index in [4.69, 9.17) is 9.40 Å². The van der Waals surface area contributed by atoms with E-state index in [2.05, 4.69) is 86.6 Å². The average molecular weight is 474 g/mol. The molecule has 5 rings (SSSR count). The minimum atomic E-state index is -2.00. The van der Waals surface area contributed by atoms with Crippen LogP contribution >= 0.6 is 11.3 Å². The van der Waals surface area contributed by atoms with Crippen molar-refractivity contribution in [2.45, 2.75) is 43.5 Å². The predicted octanol–water partition coefficient (Wildman–Crippen LogP) is 7.71. The van der Waals surface area contributed by atoms with Crippen molar-refractivity contribution < 1.29 is 4.42 Å². The molecule has 0 fully saturated rings. The number of rotatable bonds is 2. The molecule has 0 saturated heterocycles. The Morgan fingerprint density at radius 3 is 2.43 bits per heavy atom. The van der Waals surface area contributed by atoms with Crippen molar-refractivity contribution in [1.82, 2.24) is 4.98 Å². The van der Waals surface area contributed by atoms with Gasteiger partial charge in [0.1, 0.15) is 0 Å². The Bertz CT molecular complexity index is 1410. The summed E-state index contributed by atoms with van der Waals surface area (Å²) in [6.45, 7) is 6.85. The van der Waals surface area contributed by atoms with Crippen molar-refractivity contribution in [2.24, 2.45) is 0 Å². The third-order valence-electron chi connectivity index (χ3n) is 5.74. The second kappa shape index (κ2) is 6.70. The Morgan fingerprint density at radius 1 is 0.933 bits per heavy atom. The molecule has 0 atom stereocenters. The van der Waals surface area contributed by atoms with Gasteiger partial charge in [-0.1, -0.05) is 0 Å². The normalized spacial score (nSPS) is 13.0. The summed E-state index contributed by atoms with van der Waals surface area (Å²) in [4.78, 5) is 4.83. The first kappa shape index (κ1) is 19.8. The summed E-state index contributed by atoms with van der Waals surface area (Å²) < 4.78 is 10.1. The number of benzene rings is 2. The molecule has 0 unspecified atom stereocenters. The fourth-order valence-electron chi connectivity index (χ4n) is 4.12. The first-order chi connectivity index (χ1) is 14.1. The fraction of sp³-hybridized carbons (Fsp3) is 0.269. The van der Waals surface area contributed by atoms with Crippen LogP contribution in [0.4, 0.5) is 0 Å². The summed E-state index contributed by atoms with van der Waals surface area (Å²) in [7, 11) is 0. The van der Waals surface area contributed by atoms with Crippen LogP contribution in [0.1, 0.15) is 26.3 Å². The van der Waals surface area contributed by atoms with Crippen LogP contribution in [0.3, 0.4) is 0 Å². The van der Waals surface area contributed by atoms with Gasteiger partial charge in [0, 0.05) is 0 Å². The van der Waals surface area contributed by atoms with E-state index in [1.165, 1.54) is 41.3 Å². The fourth-order valence-corrected chi connectivity index (χ4v) is 7.58. The molecule has 0 amide bonds. The first-order valence-corrected chi connectivity index (χ1v) is 18.6. The molecule has 152 valence electrons. The number of fused-ring (bicyclic) bond motifs is 4. The third-order valence-corrected chi connectivity index (χ3v) is 10.5. The van der Waals surface area contributed by atoms with Crippen LogP contribution in [0.15, 0.2) is 59.1 Å². The van der Waals surface area contributed by atoms with Gasteiger partial charge in [0.05, 0.1) is 0 Å². The van der Waals surface area contributed by atoms with Crippen LogP contribution in [0.2, 0.25) is 17.3 Å². The van der Waals surface area contributed by atoms with Gasteiger partial charge in [0.15, 0.2) is 0 Å². The predicted molar refractivity (Wildman–Crippen MR) is 134 cm³/mol. The van der Waals surface area contributed by atoms with Crippen LogP contribution in [-0.2, 0) is 5.41 Å². The topological polar surface area (TPSA) is 26.0 Å². The molecule has 3 heterocycles. The van der Waals surface area contributed by atoms with Gasteiger partial charge in [-0.2, -0.15) is 0 Å². The van der Waals surface area contributed by atoms with E-state index in [1.807, 2.05) is 17.5 Å². The van der Waals surface area contributed by atoms with Crippen molar-refractivity contribution in [3.05, 3.63) is 60.3 Å². The zero-order valence-corrected chi connectivity index (χ0v) is 21.4. The molecule has 0 saturated carbocycles.